The molecule has 0 aliphatic rings. The van der Waals surface area contributed by atoms with Crippen LogP contribution in [0.15, 0.2) is 12.2 Å². The number of hydrogen-bond donors (Lipinski definition) is 0. The molecule has 3 nitrogen and oxygen atoms in total. The molecule has 0 heterocycles. The van der Waals surface area contributed by atoms with E-state index in [1.807, 2.05) is 6.92 Å². The van der Waals surface area contributed by atoms with Gasteiger partial charge in [0.15, 0.2) is 0 Å². The number of carbonyl (C=O) groups is 1. The Morgan fingerprint density at radius 1 is 1.00 bits per heavy atom. The Balaban J connectivity index is 3.20. The van der Waals surface area contributed by atoms with Gasteiger partial charge in [0.1, 0.15) is 0 Å². The molecule has 0 aromatic rings. The lowest BCUT2D eigenvalue weighted by atomic mass is 10.1. The predicted octanol–water partition coefficient (Wildman–Crippen LogP) is 4.26. The van der Waals surface area contributed by atoms with Gasteiger partial charge < -0.3 is 9.47 Å². The maximum Gasteiger partial charge on any atom is 0.305 e. The minimum absolute atomic E-state index is 0.0389. The van der Waals surface area contributed by atoms with Gasteiger partial charge in [0.05, 0.1) is 13.2 Å². The van der Waals surface area contributed by atoms with Crippen LogP contribution in [0.4, 0.5) is 0 Å². The van der Waals surface area contributed by atoms with Crippen molar-refractivity contribution in [3.63, 3.8) is 0 Å². The molecule has 0 rings (SSSR count). The molecule has 0 unspecified atom stereocenters. The molecular formula is C16H30O3. The van der Waals surface area contributed by atoms with E-state index in [4.69, 9.17) is 9.47 Å². The van der Waals surface area contributed by atoms with Crippen LogP contribution in [0.3, 0.4) is 0 Å². The van der Waals surface area contributed by atoms with Gasteiger partial charge in [0, 0.05) is 13.0 Å². The lowest BCUT2D eigenvalue weighted by molar-refractivity contribution is -0.143. The van der Waals surface area contributed by atoms with Crippen LogP contribution in [0.25, 0.3) is 0 Å². The molecule has 0 amide bonds. The van der Waals surface area contributed by atoms with E-state index < -0.39 is 0 Å². The Hall–Kier alpha value is -0.830. The van der Waals surface area contributed by atoms with E-state index in [0.29, 0.717) is 19.6 Å². The molecule has 0 N–H and O–H groups in total. The van der Waals surface area contributed by atoms with Crippen LogP contribution in [-0.2, 0) is 14.3 Å². The van der Waals surface area contributed by atoms with Gasteiger partial charge in [-0.15, -0.1) is 0 Å². The highest BCUT2D eigenvalue weighted by atomic mass is 16.5. The zero-order valence-corrected chi connectivity index (χ0v) is 12.7. The highest BCUT2D eigenvalue weighted by Crippen LogP contribution is 2.05. The molecule has 0 saturated carbocycles. The maximum absolute atomic E-state index is 11.4. The van der Waals surface area contributed by atoms with Gasteiger partial charge in [-0.05, 0) is 32.6 Å². The van der Waals surface area contributed by atoms with Gasteiger partial charge in [-0.2, -0.15) is 0 Å². The lowest BCUT2D eigenvalue weighted by Gasteiger charge is -2.03. The fraction of sp³-hybridized carbons (Fsp3) is 0.812. The van der Waals surface area contributed by atoms with Crippen molar-refractivity contribution in [3.05, 3.63) is 12.2 Å². The zero-order valence-electron chi connectivity index (χ0n) is 12.7. The normalized spacial score (nSPS) is 11.1. The summed E-state index contributed by atoms with van der Waals surface area (Å²) in [5.41, 5.74) is 0. The van der Waals surface area contributed by atoms with E-state index >= 15 is 0 Å². The third kappa shape index (κ3) is 15.1. The monoisotopic (exact) mass is 270 g/mol. The Kier molecular flexibility index (Phi) is 14.6. The molecule has 112 valence electrons. The van der Waals surface area contributed by atoms with Crippen molar-refractivity contribution in [1.29, 1.82) is 0 Å². The summed E-state index contributed by atoms with van der Waals surface area (Å²) in [5.74, 6) is -0.0389. The Labute approximate surface area is 118 Å². The molecule has 0 aliphatic carbocycles. The zero-order chi connectivity index (χ0) is 14.2. The molecule has 0 spiro atoms. The molecule has 0 aliphatic heterocycles. The fourth-order valence-electron chi connectivity index (χ4n) is 1.69. The van der Waals surface area contributed by atoms with Crippen molar-refractivity contribution in [2.45, 2.75) is 65.2 Å². The van der Waals surface area contributed by atoms with E-state index in [1.54, 1.807) is 0 Å². The molecule has 3 heteroatoms. The Morgan fingerprint density at radius 3 is 2.58 bits per heavy atom. The average Bonchev–Trinajstić information content (AvgIpc) is 2.42. The average molecular weight is 270 g/mol. The maximum atomic E-state index is 11.4. The van der Waals surface area contributed by atoms with Crippen LogP contribution in [-0.4, -0.2) is 25.8 Å². The van der Waals surface area contributed by atoms with Crippen LogP contribution in [0, 0.1) is 0 Å². The largest absolute Gasteiger partial charge is 0.466 e. The number of ether oxygens (including phenoxy) is 2. The summed E-state index contributed by atoms with van der Waals surface area (Å²) in [4.78, 5) is 11.4. The molecule has 19 heavy (non-hydrogen) atoms. The number of esters is 1. The number of rotatable bonds is 13. The summed E-state index contributed by atoms with van der Waals surface area (Å²) in [6.07, 6.45) is 12.3. The van der Waals surface area contributed by atoms with Crippen molar-refractivity contribution in [2.24, 2.45) is 0 Å². The van der Waals surface area contributed by atoms with Gasteiger partial charge >= 0.3 is 5.97 Å². The SMILES string of the molecule is CCCCCOC(=O)CCCCC/C=C/COCC. The van der Waals surface area contributed by atoms with E-state index in [9.17, 15) is 4.79 Å². The summed E-state index contributed by atoms with van der Waals surface area (Å²) in [6.45, 7) is 6.21. The summed E-state index contributed by atoms with van der Waals surface area (Å²) in [7, 11) is 0. The summed E-state index contributed by atoms with van der Waals surface area (Å²) < 4.78 is 10.3. The smallest absolute Gasteiger partial charge is 0.305 e. The molecule has 0 aromatic carbocycles. The van der Waals surface area contributed by atoms with E-state index in [2.05, 4.69) is 19.1 Å². The standard InChI is InChI=1S/C16H30O3/c1-3-5-11-15-19-16(17)13-10-8-6-7-9-12-14-18-4-2/h9,12H,3-8,10-11,13-15H2,1-2H3/b12-9+. The molecule has 0 radical (unpaired) electrons. The molecule has 0 fully saturated rings. The third-order valence-corrected chi connectivity index (χ3v) is 2.85. The topological polar surface area (TPSA) is 35.5 Å². The van der Waals surface area contributed by atoms with Gasteiger partial charge in [0.25, 0.3) is 0 Å². The van der Waals surface area contributed by atoms with Crippen LogP contribution in [0.2, 0.25) is 0 Å². The van der Waals surface area contributed by atoms with Crippen LogP contribution in [0.5, 0.6) is 0 Å². The minimum Gasteiger partial charge on any atom is -0.466 e. The van der Waals surface area contributed by atoms with E-state index in [1.165, 1.54) is 0 Å². The van der Waals surface area contributed by atoms with Gasteiger partial charge in [-0.1, -0.05) is 38.3 Å². The van der Waals surface area contributed by atoms with Gasteiger partial charge in [0.2, 0.25) is 0 Å². The van der Waals surface area contributed by atoms with Gasteiger partial charge in [-0.25, -0.2) is 0 Å². The first-order valence-electron chi connectivity index (χ1n) is 7.69. The quantitative estimate of drug-likeness (QED) is 0.285. The van der Waals surface area contributed by atoms with Crippen molar-refractivity contribution in [2.75, 3.05) is 19.8 Å². The second-order valence-electron chi connectivity index (χ2n) is 4.66. The Morgan fingerprint density at radius 2 is 1.84 bits per heavy atom. The van der Waals surface area contributed by atoms with Crippen LogP contribution in [0.1, 0.15) is 65.2 Å². The van der Waals surface area contributed by atoms with Gasteiger partial charge in [-0.3, -0.25) is 4.79 Å². The highest BCUT2D eigenvalue weighted by molar-refractivity contribution is 5.69. The van der Waals surface area contributed by atoms with E-state index in [0.717, 1.165) is 51.6 Å². The molecule has 0 bridgehead atoms. The summed E-state index contributed by atoms with van der Waals surface area (Å²) >= 11 is 0. The van der Waals surface area contributed by atoms with Crippen molar-refractivity contribution in [1.82, 2.24) is 0 Å². The molecule has 0 aromatic heterocycles. The number of carbonyl (C=O) groups excluding carboxylic acids is 1. The summed E-state index contributed by atoms with van der Waals surface area (Å²) in [6, 6.07) is 0. The number of unbranched alkanes of at least 4 members (excludes halogenated alkanes) is 5. The third-order valence-electron chi connectivity index (χ3n) is 2.85. The van der Waals surface area contributed by atoms with E-state index in [-0.39, 0.29) is 5.97 Å². The molecule has 0 saturated heterocycles. The van der Waals surface area contributed by atoms with Crippen molar-refractivity contribution in [3.8, 4) is 0 Å². The first kappa shape index (κ1) is 18.2. The lowest BCUT2D eigenvalue weighted by Crippen LogP contribution is -2.05. The molecular weight excluding hydrogens is 240 g/mol. The second kappa shape index (κ2) is 15.2. The fourth-order valence-corrected chi connectivity index (χ4v) is 1.69. The minimum atomic E-state index is -0.0389. The Bertz CT molecular complexity index is 224. The second-order valence-corrected chi connectivity index (χ2v) is 4.66. The summed E-state index contributed by atoms with van der Waals surface area (Å²) in [5, 5.41) is 0. The van der Waals surface area contributed by atoms with Crippen LogP contribution < -0.4 is 0 Å². The number of hydrogen-bond acceptors (Lipinski definition) is 3. The first-order chi connectivity index (χ1) is 9.31. The van der Waals surface area contributed by atoms with Crippen LogP contribution >= 0.6 is 0 Å². The highest BCUT2D eigenvalue weighted by Gasteiger charge is 2.01. The van der Waals surface area contributed by atoms with Crippen molar-refractivity contribution >= 4 is 5.97 Å². The first-order valence-corrected chi connectivity index (χ1v) is 7.69. The predicted molar refractivity (Wildman–Crippen MR) is 79.2 cm³/mol. The van der Waals surface area contributed by atoms with Crippen molar-refractivity contribution < 1.29 is 14.3 Å². The molecule has 0 atom stereocenters. The number of allylic oxidation sites excluding steroid dienone is 1.